The minimum absolute atomic E-state index is 0.650. The molecule has 0 atom stereocenters. The van der Waals surface area contributed by atoms with Crippen LogP contribution in [-0.4, -0.2) is 36.3 Å². The maximum Gasteiger partial charge on any atom is 0.0441 e. The Kier molecular flexibility index (Phi) is 8.67. The number of hydrogen-bond donors (Lipinski definition) is 0. The van der Waals surface area contributed by atoms with E-state index >= 15 is 0 Å². The van der Waals surface area contributed by atoms with Gasteiger partial charge >= 0.3 is 0 Å². The predicted molar refractivity (Wildman–Crippen MR) is 65.0 cm³/mol. The van der Waals surface area contributed by atoms with Crippen molar-refractivity contribution in [2.24, 2.45) is 0 Å². The lowest BCUT2D eigenvalue weighted by Gasteiger charge is -2.26. The predicted octanol–water partition coefficient (Wildman–Crippen LogP) is 2.18. The van der Waals surface area contributed by atoms with Gasteiger partial charge in [-0.2, -0.15) is 10.1 Å². The van der Waals surface area contributed by atoms with Crippen molar-refractivity contribution < 1.29 is 4.94 Å². The number of nitrogens with zero attached hydrogens (tertiary/aromatic N) is 2. The van der Waals surface area contributed by atoms with E-state index in [0.29, 0.717) is 26.2 Å². The Hall–Kier alpha value is -1.16. The van der Waals surface area contributed by atoms with Crippen LogP contribution >= 0.6 is 0 Å². The van der Waals surface area contributed by atoms with E-state index < -0.39 is 0 Å². The lowest BCUT2D eigenvalue weighted by Crippen LogP contribution is -2.35. The smallest absolute Gasteiger partial charge is 0.0441 e. The van der Waals surface area contributed by atoms with Gasteiger partial charge in [-0.3, -0.25) is 0 Å². The van der Waals surface area contributed by atoms with Crippen molar-refractivity contribution in [3.05, 3.63) is 50.6 Å². The molecule has 0 aromatic carbocycles. The summed E-state index contributed by atoms with van der Waals surface area (Å²) in [5, 5.41) is 3.51. The molecule has 0 aromatic heterocycles. The molecule has 0 N–H and O–H groups in total. The highest BCUT2D eigenvalue weighted by Crippen LogP contribution is 1.98. The minimum atomic E-state index is 0.650. The van der Waals surface area contributed by atoms with Crippen LogP contribution in [0.1, 0.15) is 0 Å². The van der Waals surface area contributed by atoms with E-state index in [-0.39, 0.29) is 0 Å². The van der Waals surface area contributed by atoms with Gasteiger partial charge in [-0.25, -0.2) is 4.94 Å². The average molecular weight is 208 g/mol. The van der Waals surface area contributed by atoms with E-state index in [4.69, 9.17) is 4.94 Å². The van der Waals surface area contributed by atoms with Crippen LogP contribution in [0.4, 0.5) is 0 Å². The molecule has 0 aliphatic carbocycles. The van der Waals surface area contributed by atoms with E-state index in [1.54, 1.807) is 34.4 Å². The molecular weight excluding hydrogens is 188 g/mol. The summed E-state index contributed by atoms with van der Waals surface area (Å²) >= 11 is 0. The SMILES string of the molecule is C=CCN(CC=C)ON(CC=C)CC=C. The molecule has 0 amide bonds. The fourth-order valence-corrected chi connectivity index (χ4v) is 1.02. The lowest BCUT2D eigenvalue weighted by molar-refractivity contribution is -0.309. The molecule has 0 heterocycles. The summed E-state index contributed by atoms with van der Waals surface area (Å²) in [6, 6.07) is 0. The normalized spacial score (nSPS) is 10.3. The van der Waals surface area contributed by atoms with Gasteiger partial charge in [0, 0.05) is 26.2 Å². The van der Waals surface area contributed by atoms with Crippen molar-refractivity contribution in [2.45, 2.75) is 0 Å². The molecule has 0 spiro atoms. The summed E-state index contributed by atoms with van der Waals surface area (Å²) in [6.45, 7) is 17.3. The van der Waals surface area contributed by atoms with Gasteiger partial charge in [0.2, 0.25) is 0 Å². The summed E-state index contributed by atoms with van der Waals surface area (Å²) in [5.74, 6) is 0. The van der Waals surface area contributed by atoms with Gasteiger partial charge in [-0.05, 0) is 0 Å². The summed E-state index contributed by atoms with van der Waals surface area (Å²) in [6.07, 6.45) is 7.12. The number of hydroxylamine groups is 4. The van der Waals surface area contributed by atoms with Crippen molar-refractivity contribution in [1.29, 1.82) is 0 Å². The Morgan fingerprint density at radius 3 is 1.13 bits per heavy atom. The Balaban J connectivity index is 4.15. The second-order valence-corrected chi connectivity index (χ2v) is 2.93. The maximum absolute atomic E-state index is 5.59. The van der Waals surface area contributed by atoms with Gasteiger partial charge in [0.15, 0.2) is 0 Å². The van der Waals surface area contributed by atoms with Crippen LogP contribution in [-0.2, 0) is 4.94 Å². The third kappa shape index (κ3) is 6.85. The van der Waals surface area contributed by atoms with Gasteiger partial charge in [-0.1, -0.05) is 24.3 Å². The Morgan fingerprint density at radius 1 is 0.667 bits per heavy atom. The van der Waals surface area contributed by atoms with Crippen LogP contribution in [0.2, 0.25) is 0 Å². The van der Waals surface area contributed by atoms with Crippen LogP contribution in [0.5, 0.6) is 0 Å². The van der Waals surface area contributed by atoms with E-state index in [9.17, 15) is 0 Å². The number of hydrogen-bond acceptors (Lipinski definition) is 3. The molecule has 0 rings (SSSR count). The molecule has 0 aliphatic heterocycles. The van der Waals surface area contributed by atoms with Crippen molar-refractivity contribution in [3.8, 4) is 0 Å². The molecule has 0 radical (unpaired) electrons. The topological polar surface area (TPSA) is 15.7 Å². The molecule has 3 heteroatoms. The van der Waals surface area contributed by atoms with Crippen LogP contribution in [0.3, 0.4) is 0 Å². The van der Waals surface area contributed by atoms with Crippen molar-refractivity contribution in [2.75, 3.05) is 26.2 Å². The van der Waals surface area contributed by atoms with E-state index in [0.717, 1.165) is 0 Å². The molecule has 0 fully saturated rings. The van der Waals surface area contributed by atoms with Gasteiger partial charge in [0.05, 0.1) is 0 Å². The third-order valence-electron chi connectivity index (χ3n) is 1.56. The zero-order chi connectivity index (χ0) is 11.5. The molecule has 0 unspecified atom stereocenters. The van der Waals surface area contributed by atoms with Crippen molar-refractivity contribution >= 4 is 0 Å². The highest BCUT2D eigenvalue weighted by Gasteiger charge is 2.07. The van der Waals surface area contributed by atoms with Crippen LogP contribution in [0.15, 0.2) is 50.6 Å². The van der Waals surface area contributed by atoms with Crippen molar-refractivity contribution in [1.82, 2.24) is 10.1 Å². The zero-order valence-electron chi connectivity index (χ0n) is 9.27. The Labute approximate surface area is 92.5 Å². The third-order valence-corrected chi connectivity index (χ3v) is 1.56. The highest BCUT2D eigenvalue weighted by molar-refractivity contribution is 4.78. The van der Waals surface area contributed by atoms with Gasteiger partial charge in [0.25, 0.3) is 0 Å². The molecule has 0 aromatic rings. The zero-order valence-corrected chi connectivity index (χ0v) is 9.27. The molecular formula is C12H20N2O. The molecule has 84 valence electrons. The van der Waals surface area contributed by atoms with E-state index in [1.165, 1.54) is 0 Å². The largest absolute Gasteiger partial charge is 0.207 e. The van der Waals surface area contributed by atoms with Gasteiger partial charge in [0.1, 0.15) is 0 Å². The first-order chi connectivity index (χ1) is 7.28. The number of rotatable bonds is 10. The second-order valence-electron chi connectivity index (χ2n) is 2.93. The molecule has 3 nitrogen and oxygen atoms in total. The summed E-state index contributed by atoms with van der Waals surface area (Å²) in [7, 11) is 0. The Morgan fingerprint density at radius 2 is 0.933 bits per heavy atom. The van der Waals surface area contributed by atoms with Gasteiger partial charge < -0.3 is 0 Å². The molecule has 15 heavy (non-hydrogen) atoms. The van der Waals surface area contributed by atoms with Crippen LogP contribution in [0, 0.1) is 0 Å². The first-order valence-electron chi connectivity index (χ1n) is 4.90. The fourth-order valence-electron chi connectivity index (χ4n) is 1.02. The minimum Gasteiger partial charge on any atom is -0.207 e. The van der Waals surface area contributed by atoms with E-state index in [1.807, 2.05) is 0 Å². The summed E-state index contributed by atoms with van der Waals surface area (Å²) in [5.41, 5.74) is 0. The van der Waals surface area contributed by atoms with Crippen LogP contribution < -0.4 is 0 Å². The summed E-state index contributed by atoms with van der Waals surface area (Å²) < 4.78 is 0. The van der Waals surface area contributed by atoms with Crippen molar-refractivity contribution in [3.63, 3.8) is 0 Å². The molecule has 0 saturated carbocycles. The second kappa shape index (κ2) is 9.40. The van der Waals surface area contributed by atoms with Crippen LogP contribution in [0.25, 0.3) is 0 Å². The standard InChI is InChI=1S/C12H20N2O/c1-5-9-13(10-6-2)15-14(11-7-3)12-8-4/h5-8H,1-4,9-12H2. The molecule has 0 saturated heterocycles. The highest BCUT2D eigenvalue weighted by atomic mass is 16.8. The lowest BCUT2D eigenvalue weighted by atomic mass is 10.5. The molecule has 0 aliphatic rings. The fraction of sp³-hybridized carbons (Fsp3) is 0.333. The first kappa shape index (κ1) is 13.8. The maximum atomic E-state index is 5.59. The molecule has 0 bridgehead atoms. The van der Waals surface area contributed by atoms with Gasteiger partial charge in [-0.15, -0.1) is 26.3 Å². The average Bonchev–Trinajstić information content (AvgIpc) is 2.19. The monoisotopic (exact) mass is 208 g/mol. The quantitative estimate of drug-likeness (QED) is 0.404. The van der Waals surface area contributed by atoms with E-state index in [2.05, 4.69) is 26.3 Å². The first-order valence-corrected chi connectivity index (χ1v) is 4.90. The Bertz CT molecular complexity index is 172. The summed E-state index contributed by atoms with van der Waals surface area (Å²) in [4.78, 5) is 5.59.